The van der Waals surface area contributed by atoms with Crippen molar-refractivity contribution < 1.29 is 4.79 Å². The number of nitrogens with one attached hydrogen (secondary N) is 1. The van der Waals surface area contributed by atoms with Crippen molar-refractivity contribution >= 4 is 28.8 Å². The summed E-state index contributed by atoms with van der Waals surface area (Å²) >= 11 is 7.52. The predicted octanol–water partition coefficient (Wildman–Crippen LogP) is 3.82. The first-order valence-electron chi connectivity index (χ1n) is 5.72. The molecule has 2 nitrogen and oxygen atoms in total. The average molecular weight is 280 g/mol. The Morgan fingerprint density at radius 3 is 2.89 bits per heavy atom. The van der Waals surface area contributed by atoms with Crippen molar-refractivity contribution in [2.24, 2.45) is 0 Å². The SMILES string of the molecule is C[C@H](NC(=O)Cc1cccs1)c1cccc(Cl)c1. The monoisotopic (exact) mass is 279 g/mol. The van der Waals surface area contributed by atoms with Gasteiger partial charge in [0.1, 0.15) is 0 Å². The first kappa shape index (κ1) is 13.1. The molecule has 0 bridgehead atoms. The molecule has 0 aliphatic rings. The van der Waals surface area contributed by atoms with Crippen LogP contribution in [0.25, 0.3) is 0 Å². The predicted molar refractivity (Wildman–Crippen MR) is 76.0 cm³/mol. The lowest BCUT2D eigenvalue weighted by Crippen LogP contribution is -2.27. The second-order valence-electron chi connectivity index (χ2n) is 4.10. The Morgan fingerprint density at radius 2 is 2.22 bits per heavy atom. The van der Waals surface area contributed by atoms with Gasteiger partial charge in [-0.15, -0.1) is 11.3 Å². The summed E-state index contributed by atoms with van der Waals surface area (Å²) in [6.45, 7) is 1.96. The van der Waals surface area contributed by atoms with E-state index >= 15 is 0 Å². The van der Waals surface area contributed by atoms with Crippen molar-refractivity contribution in [2.75, 3.05) is 0 Å². The summed E-state index contributed by atoms with van der Waals surface area (Å²) in [5.74, 6) is 0.0323. The molecule has 0 radical (unpaired) electrons. The number of carbonyl (C=O) groups excluding carboxylic acids is 1. The molecule has 0 saturated heterocycles. The molecule has 0 unspecified atom stereocenters. The van der Waals surface area contributed by atoms with Gasteiger partial charge in [-0.2, -0.15) is 0 Å². The third-order valence-electron chi connectivity index (χ3n) is 2.64. The van der Waals surface area contributed by atoms with Gasteiger partial charge in [-0.25, -0.2) is 0 Å². The average Bonchev–Trinajstić information content (AvgIpc) is 2.81. The topological polar surface area (TPSA) is 29.1 Å². The van der Waals surface area contributed by atoms with Crippen LogP contribution in [0.15, 0.2) is 41.8 Å². The molecule has 18 heavy (non-hydrogen) atoms. The molecule has 94 valence electrons. The molecule has 1 heterocycles. The molecule has 0 saturated carbocycles. The van der Waals surface area contributed by atoms with Crippen LogP contribution in [0.5, 0.6) is 0 Å². The Morgan fingerprint density at radius 1 is 1.39 bits per heavy atom. The van der Waals surface area contributed by atoms with Gasteiger partial charge < -0.3 is 5.32 Å². The molecule has 4 heteroatoms. The summed E-state index contributed by atoms with van der Waals surface area (Å²) in [6, 6.07) is 11.4. The molecule has 1 amide bonds. The fourth-order valence-corrected chi connectivity index (χ4v) is 2.63. The second-order valence-corrected chi connectivity index (χ2v) is 5.57. The Bertz CT molecular complexity index is 524. The highest BCUT2D eigenvalue weighted by molar-refractivity contribution is 7.10. The van der Waals surface area contributed by atoms with Crippen molar-refractivity contribution in [1.82, 2.24) is 5.32 Å². The van der Waals surface area contributed by atoms with E-state index in [-0.39, 0.29) is 11.9 Å². The zero-order valence-corrected chi connectivity index (χ0v) is 11.6. The first-order chi connectivity index (χ1) is 8.65. The third kappa shape index (κ3) is 3.59. The van der Waals surface area contributed by atoms with Crippen LogP contribution < -0.4 is 5.32 Å². The number of hydrogen-bond donors (Lipinski definition) is 1. The van der Waals surface area contributed by atoms with Crippen LogP contribution >= 0.6 is 22.9 Å². The summed E-state index contributed by atoms with van der Waals surface area (Å²) in [7, 11) is 0. The molecule has 1 N–H and O–H groups in total. The zero-order valence-electron chi connectivity index (χ0n) is 10.0. The third-order valence-corrected chi connectivity index (χ3v) is 3.75. The molecule has 2 rings (SSSR count). The fourth-order valence-electron chi connectivity index (χ4n) is 1.72. The minimum atomic E-state index is -0.0313. The largest absolute Gasteiger partial charge is 0.349 e. The van der Waals surface area contributed by atoms with Crippen LogP contribution in [-0.4, -0.2) is 5.91 Å². The van der Waals surface area contributed by atoms with Crippen LogP contribution in [0.4, 0.5) is 0 Å². The van der Waals surface area contributed by atoms with E-state index in [1.165, 1.54) is 0 Å². The molecule has 1 aromatic heterocycles. The maximum atomic E-state index is 11.8. The Balaban J connectivity index is 1.95. The van der Waals surface area contributed by atoms with Gasteiger partial charge in [0.05, 0.1) is 12.5 Å². The van der Waals surface area contributed by atoms with Crippen molar-refractivity contribution in [3.05, 3.63) is 57.2 Å². The van der Waals surface area contributed by atoms with Gasteiger partial charge in [-0.3, -0.25) is 4.79 Å². The highest BCUT2D eigenvalue weighted by Crippen LogP contribution is 2.17. The summed E-state index contributed by atoms with van der Waals surface area (Å²) in [4.78, 5) is 12.9. The molecular formula is C14H14ClNOS. The van der Waals surface area contributed by atoms with Gasteiger partial charge >= 0.3 is 0 Å². The van der Waals surface area contributed by atoms with Crippen molar-refractivity contribution in [2.45, 2.75) is 19.4 Å². The maximum absolute atomic E-state index is 11.8. The summed E-state index contributed by atoms with van der Waals surface area (Å²) in [5.41, 5.74) is 1.02. The molecule has 0 aliphatic carbocycles. The number of benzene rings is 1. The number of halogens is 1. The van der Waals surface area contributed by atoms with Gasteiger partial charge in [0.2, 0.25) is 5.91 Å². The molecule has 0 aliphatic heterocycles. The maximum Gasteiger partial charge on any atom is 0.225 e. The molecule has 0 fully saturated rings. The number of hydrogen-bond acceptors (Lipinski definition) is 2. The molecule has 2 aromatic rings. The number of amides is 1. The molecular weight excluding hydrogens is 266 g/mol. The van der Waals surface area contributed by atoms with E-state index in [4.69, 9.17) is 11.6 Å². The number of carbonyl (C=O) groups is 1. The van der Waals surface area contributed by atoms with E-state index < -0.39 is 0 Å². The number of thiophene rings is 1. The van der Waals surface area contributed by atoms with Gasteiger partial charge in [0.25, 0.3) is 0 Å². The van der Waals surface area contributed by atoms with E-state index in [0.29, 0.717) is 11.4 Å². The van der Waals surface area contributed by atoms with Crippen LogP contribution in [0.3, 0.4) is 0 Å². The van der Waals surface area contributed by atoms with Crippen LogP contribution in [0, 0.1) is 0 Å². The lowest BCUT2D eigenvalue weighted by Gasteiger charge is -2.14. The highest BCUT2D eigenvalue weighted by Gasteiger charge is 2.10. The minimum Gasteiger partial charge on any atom is -0.349 e. The van der Waals surface area contributed by atoms with Crippen molar-refractivity contribution in [3.8, 4) is 0 Å². The molecule has 0 spiro atoms. The fraction of sp³-hybridized carbons (Fsp3) is 0.214. The van der Waals surface area contributed by atoms with Gasteiger partial charge in [0, 0.05) is 9.90 Å². The van der Waals surface area contributed by atoms with E-state index in [1.54, 1.807) is 11.3 Å². The second kappa shape index (κ2) is 6.03. The van der Waals surface area contributed by atoms with E-state index in [9.17, 15) is 4.79 Å². The lowest BCUT2D eigenvalue weighted by atomic mass is 10.1. The van der Waals surface area contributed by atoms with Crippen molar-refractivity contribution in [3.63, 3.8) is 0 Å². The smallest absolute Gasteiger partial charge is 0.225 e. The Labute approximate surface area is 116 Å². The number of rotatable bonds is 4. The normalized spacial score (nSPS) is 12.1. The van der Waals surface area contributed by atoms with Gasteiger partial charge in [-0.05, 0) is 36.1 Å². The molecule has 1 atom stereocenters. The van der Waals surface area contributed by atoms with Crippen LogP contribution in [-0.2, 0) is 11.2 Å². The van der Waals surface area contributed by atoms with Crippen LogP contribution in [0.1, 0.15) is 23.4 Å². The van der Waals surface area contributed by atoms with E-state index in [2.05, 4.69) is 5.32 Å². The zero-order chi connectivity index (χ0) is 13.0. The van der Waals surface area contributed by atoms with Gasteiger partial charge in [-0.1, -0.05) is 29.8 Å². The summed E-state index contributed by atoms with van der Waals surface area (Å²) < 4.78 is 0. The van der Waals surface area contributed by atoms with Crippen LogP contribution in [0.2, 0.25) is 5.02 Å². The standard InChI is InChI=1S/C14H14ClNOS/c1-10(11-4-2-5-12(15)8-11)16-14(17)9-13-6-3-7-18-13/h2-8,10H,9H2,1H3,(H,16,17)/t10-/m0/s1. The van der Waals surface area contributed by atoms with E-state index in [0.717, 1.165) is 10.4 Å². The van der Waals surface area contributed by atoms with Crippen molar-refractivity contribution in [1.29, 1.82) is 0 Å². The molecule has 1 aromatic carbocycles. The van der Waals surface area contributed by atoms with Gasteiger partial charge in [0.15, 0.2) is 0 Å². The summed E-state index contributed by atoms with van der Waals surface area (Å²) in [5, 5.41) is 5.63. The summed E-state index contributed by atoms with van der Waals surface area (Å²) in [6.07, 6.45) is 0.433. The van der Waals surface area contributed by atoms with E-state index in [1.807, 2.05) is 48.7 Å². The highest BCUT2D eigenvalue weighted by atomic mass is 35.5. The lowest BCUT2D eigenvalue weighted by molar-refractivity contribution is -0.121. The Kier molecular flexibility index (Phi) is 4.39. The Hall–Kier alpha value is -1.32. The minimum absolute atomic E-state index is 0.0313. The first-order valence-corrected chi connectivity index (χ1v) is 6.98. The quantitative estimate of drug-likeness (QED) is 0.906.